The molecule has 0 spiro atoms. The molecular formula is C17H16N2O4. The van der Waals surface area contributed by atoms with Gasteiger partial charge in [0.2, 0.25) is 11.8 Å². The third kappa shape index (κ3) is 2.21. The number of nitrogens with zero attached hydrogens (tertiary/aromatic N) is 1. The summed E-state index contributed by atoms with van der Waals surface area (Å²) >= 11 is 0. The highest BCUT2D eigenvalue weighted by molar-refractivity contribution is 6.08. The molecule has 2 heterocycles. The van der Waals surface area contributed by atoms with E-state index in [1.54, 1.807) is 0 Å². The van der Waals surface area contributed by atoms with Gasteiger partial charge < -0.3 is 9.32 Å². The Bertz CT molecular complexity index is 834. The fraction of sp³-hybridized carbons (Fsp3) is 0.353. The van der Waals surface area contributed by atoms with Crippen molar-refractivity contribution in [2.24, 2.45) is 0 Å². The van der Waals surface area contributed by atoms with Gasteiger partial charge in [0.15, 0.2) is 5.76 Å². The maximum absolute atomic E-state index is 13.0. The fourth-order valence-electron chi connectivity index (χ4n) is 3.17. The van der Waals surface area contributed by atoms with E-state index in [0.717, 1.165) is 23.8 Å². The lowest BCUT2D eigenvalue weighted by molar-refractivity contribution is -0.126. The molecule has 2 fully saturated rings. The number of fused-ring (bicyclic) bond motifs is 1. The van der Waals surface area contributed by atoms with Crippen molar-refractivity contribution in [3.05, 3.63) is 35.6 Å². The van der Waals surface area contributed by atoms with Gasteiger partial charge in [-0.3, -0.25) is 19.7 Å². The summed E-state index contributed by atoms with van der Waals surface area (Å²) in [7, 11) is 0. The van der Waals surface area contributed by atoms with Crippen molar-refractivity contribution >= 4 is 28.7 Å². The molecule has 0 bridgehead atoms. The minimum atomic E-state index is -0.727. The molecule has 0 unspecified atom stereocenters. The van der Waals surface area contributed by atoms with Gasteiger partial charge in [-0.1, -0.05) is 18.2 Å². The van der Waals surface area contributed by atoms with Gasteiger partial charge in [0.1, 0.15) is 11.6 Å². The summed E-state index contributed by atoms with van der Waals surface area (Å²) in [4.78, 5) is 38.0. The third-order valence-corrected chi connectivity index (χ3v) is 4.49. The smallest absolute Gasteiger partial charge is 0.290 e. The van der Waals surface area contributed by atoms with Crippen molar-refractivity contribution < 1.29 is 18.8 Å². The third-order valence-electron chi connectivity index (χ3n) is 4.49. The largest absolute Gasteiger partial charge is 0.451 e. The second-order valence-corrected chi connectivity index (χ2v) is 6.13. The molecule has 1 saturated carbocycles. The first-order valence-corrected chi connectivity index (χ1v) is 7.70. The zero-order chi connectivity index (χ0) is 16.1. The SMILES string of the molecule is Cc1c(C(=O)N(C2CC2)[C@H]2CC(=O)NC2=O)oc2ccccc12. The maximum atomic E-state index is 13.0. The Hall–Kier alpha value is -2.63. The Morgan fingerprint density at radius 1 is 1.26 bits per heavy atom. The molecular weight excluding hydrogens is 296 g/mol. The molecule has 1 saturated heterocycles. The predicted octanol–water partition coefficient (Wildman–Crippen LogP) is 1.76. The number of carbonyl (C=O) groups is 3. The normalized spacial score (nSPS) is 20.8. The summed E-state index contributed by atoms with van der Waals surface area (Å²) in [5.74, 6) is -0.787. The van der Waals surface area contributed by atoms with E-state index in [0.29, 0.717) is 5.58 Å². The Morgan fingerprint density at radius 3 is 2.61 bits per heavy atom. The molecule has 1 aromatic carbocycles. The number of aryl methyl sites for hydroxylation is 1. The van der Waals surface area contributed by atoms with Gasteiger partial charge in [-0.15, -0.1) is 0 Å². The molecule has 3 amide bonds. The van der Waals surface area contributed by atoms with E-state index in [1.165, 1.54) is 4.90 Å². The Balaban J connectivity index is 1.74. The topological polar surface area (TPSA) is 79.6 Å². The van der Waals surface area contributed by atoms with Gasteiger partial charge in [0.25, 0.3) is 5.91 Å². The Labute approximate surface area is 132 Å². The minimum absolute atomic E-state index is 0.0109. The summed E-state index contributed by atoms with van der Waals surface area (Å²) < 4.78 is 5.73. The monoisotopic (exact) mass is 312 g/mol. The molecule has 4 rings (SSSR count). The van der Waals surface area contributed by atoms with Gasteiger partial charge in [0, 0.05) is 17.0 Å². The van der Waals surface area contributed by atoms with Crippen LogP contribution in [0.3, 0.4) is 0 Å². The van der Waals surface area contributed by atoms with Gasteiger partial charge in [-0.2, -0.15) is 0 Å². The molecule has 1 aliphatic heterocycles. The Kier molecular flexibility index (Phi) is 3.01. The quantitative estimate of drug-likeness (QED) is 0.876. The lowest BCUT2D eigenvalue weighted by Gasteiger charge is -2.25. The number of furan rings is 1. The average molecular weight is 312 g/mol. The molecule has 6 heteroatoms. The number of hydrogen-bond acceptors (Lipinski definition) is 4. The number of benzene rings is 1. The lowest BCUT2D eigenvalue weighted by Crippen LogP contribution is -2.46. The van der Waals surface area contributed by atoms with Crippen molar-refractivity contribution in [1.82, 2.24) is 10.2 Å². The van der Waals surface area contributed by atoms with E-state index in [4.69, 9.17) is 4.42 Å². The molecule has 1 N–H and O–H groups in total. The number of nitrogens with one attached hydrogen (secondary N) is 1. The molecule has 2 aliphatic rings. The second kappa shape index (κ2) is 4.94. The number of rotatable bonds is 3. The first-order chi connectivity index (χ1) is 11.1. The number of imide groups is 1. The van der Waals surface area contributed by atoms with Crippen LogP contribution < -0.4 is 5.32 Å². The predicted molar refractivity (Wildman–Crippen MR) is 81.7 cm³/mol. The van der Waals surface area contributed by atoms with Gasteiger partial charge in [-0.25, -0.2) is 0 Å². The highest BCUT2D eigenvalue weighted by Crippen LogP contribution is 2.34. The van der Waals surface area contributed by atoms with Crippen LogP contribution >= 0.6 is 0 Å². The zero-order valence-electron chi connectivity index (χ0n) is 12.7. The van der Waals surface area contributed by atoms with Crippen molar-refractivity contribution in [3.63, 3.8) is 0 Å². The first kappa shape index (κ1) is 14.0. The number of hydrogen-bond donors (Lipinski definition) is 1. The molecule has 1 atom stereocenters. The maximum Gasteiger partial charge on any atom is 0.290 e. The molecule has 1 aliphatic carbocycles. The van der Waals surface area contributed by atoms with E-state index >= 15 is 0 Å². The van der Waals surface area contributed by atoms with Crippen LogP contribution in [0.5, 0.6) is 0 Å². The summed E-state index contributed by atoms with van der Waals surface area (Å²) in [6.07, 6.45) is 1.73. The molecule has 1 aromatic heterocycles. The van der Waals surface area contributed by atoms with Crippen LogP contribution in [0.2, 0.25) is 0 Å². The van der Waals surface area contributed by atoms with Crippen LogP contribution in [0.1, 0.15) is 35.4 Å². The van der Waals surface area contributed by atoms with Crippen LogP contribution in [0.4, 0.5) is 0 Å². The number of amides is 3. The molecule has 118 valence electrons. The second-order valence-electron chi connectivity index (χ2n) is 6.13. The highest BCUT2D eigenvalue weighted by Gasteiger charge is 2.46. The first-order valence-electron chi connectivity index (χ1n) is 7.70. The van der Waals surface area contributed by atoms with Crippen LogP contribution in [0, 0.1) is 6.92 Å². The minimum Gasteiger partial charge on any atom is -0.451 e. The molecule has 2 aromatic rings. The summed E-state index contributed by atoms with van der Waals surface area (Å²) in [6.45, 7) is 1.84. The van der Waals surface area contributed by atoms with Crippen LogP contribution in [0.25, 0.3) is 11.0 Å². The van der Waals surface area contributed by atoms with Crippen molar-refractivity contribution in [2.75, 3.05) is 0 Å². The summed E-state index contributed by atoms with van der Waals surface area (Å²) in [5, 5.41) is 3.16. The summed E-state index contributed by atoms with van der Waals surface area (Å²) in [5.41, 5.74) is 1.41. The average Bonchev–Trinajstić information content (AvgIpc) is 3.23. The van der Waals surface area contributed by atoms with Crippen LogP contribution in [-0.4, -0.2) is 34.7 Å². The van der Waals surface area contributed by atoms with Crippen LogP contribution in [-0.2, 0) is 9.59 Å². The zero-order valence-corrected chi connectivity index (χ0v) is 12.7. The van der Waals surface area contributed by atoms with Crippen molar-refractivity contribution in [2.45, 2.75) is 38.3 Å². The van der Waals surface area contributed by atoms with Crippen molar-refractivity contribution in [1.29, 1.82) is 0 Å². The number of carbonyl (C=O) groups excluding carboxylic acids is 3. The number of para-hydroxylation sites is 1. The van der Waals surface area contributed by atoms with E-state index in [2.05, 4.69) is 5.32 Å². The van der Waals surface area contributed by atoms with Crippen molar-refractivity contribution in [3.8, 4) is 0 Å². The lowest BCUT2D eigenvalue weighted by atomic mass is 10.1. The summed E-state index contributed by atoms with van der Waals surface area (Å²) in [6, 6.07) is 6.74. The van der Waals surface area contributed by atoms with E-state index in [9.17, 15) is 14.4 Å². The van der Waals surface area contributed by atoms with E-state index < -0.39 is 11.9 Å². The van der Waals surface area contributed by atoms with E-state index in [1.807, 2.05) is 31.2 Å². The molecule has 6 nitrogen and oxygen atoms in total. The molecule has 0 radical (unpaired) electrons. The standard InChI is InChI=1S/C17H16N2O4/c1-9-11-4-2-3-5-13(11)23-15(9)17(22)19(10-6-7-10)12-8-14(20)18-16(12)21/h2-5,10,12H,6-8H2,1H3,(H,18,20,21)/t12-/m0/s1. The Morgan fingerprint density at radius 2 is 2.00 bits per heavy atom. The van der Waals surface area contributed by atoms with Gasteiger partial charge in [0.05, 0.1) is 6.42 Å². The van der Waals surface area contributed by atoms with Gasteiger partial charge >= 0.3 is 0 Å². The van der Waals surface area contributed by atoms with Crippen LogP contribution in [0.15, 0.2) is 28.7 Å². The molecule has 23 heavy (non-hydrogen) atoms. The van der Waals surface area contributed by atoms with Gasteiger partial charge in [-0.05, 0) is 25.8 Å². The fourth-order valence-corrected chi connectivity index (χ4v) is 3.17. The highest BCUT2D eigenvalue weighted by atomic mass is 16.3. The van der Waals surface area contributed by atoms with E-state index in [-0.39, 0.29) is 30.0 Å².